The maximum Gasteiger partial charge on any atom is 0.258 e. The molecule has 2 aromatic rings. The highest BCUT2D eigenvalue weighted by atomic mass is 35.5. The SMILES string of the molecule is CCN1CCN(c2ccc(Cl)cc2NC(=O)c2cc(Cl)sc2Cl)CC1. The van der Waals surface area contributed by atoms with Crippen LogP contribution in [0.4, 0.5) is 11.4 Å². The summed E-state index contributed by atoms with van der Waals surface area (Å²) in [6.07, 6.45) is 0. The molecule has 0 unspecified atom stereocenters. The molecule has 0 saturated carbocycles. The van der Waals surface area contributed by atoms with E-state index in [1.165, 1.54) is 11.3 Å². The highest BCUT2D eigenvalue weighted by Crippen LogP contribution is 2.34. The molecule has 25 heavy (non-hydrogen) atoms. The number of benzene rings is 1. The fourth-order valence-corrected chi connectivity index (χ4v) is 4.50. The van der Waals surface area contributed by atoms with Crippen molar-refractivity contribution < 1.29 is 4.79 Å². The summed E-state index contributed by atoms with van der Waals surface area (Å²) in [5, 5.41) is 3.50. The third-order valence-electron chi connectivity index (χ3n) is 4.27. The van der Waals surface area contributed by atoms with Crippen LogP contribution in [0, 0.1) is 0 Å². The van der Waals surface area contributed by atoms with Crippen molar-refractivity contribution in [2.75, 3.05) is 42.9 Å². The van der Waals surface area contributed by atoms with Gasteiger partial charge in [-0.05, 0) is 30.8 Å². The van der Waals surface area contributed by atoms with E-state index in [0.29, 0.717) is 24.9 Å². The Labute approximate surface area is 166 Å². The van der Waals surface area contributed by atoms with E-state index in [4.69, 9.17) is 34.8 Å². The number of nitrogens with zero attached hydrogens (tertiary/aromatic N) is 2. The number of halogens is 3. The van der Waals surface area contributed by atoms with Gasteiger partial charge in [-0.1, -0.05) is 41.7 Å². The van der Waals surface area contributed by atoms with Gasteiger partial charge in [-0.25, -0.2) is 0 Å². The Morgan fingerprint density at radius 1 is 1.16 bits per heavy atom. The zero-order chi connectivity index (χ0) is 18.0. The van der Waals surface area contributed by atoms with Gasteiger partial charge in [0.05, 0.1) is 21.3 Å². The monoisotopic (exact) mass is 417 g/mol. The van der Waals surface area contributed by atoms with Crippen LogP contribution < -0.4 is 10.2 Å². The number of piperazine rings is 1. The lowest BCUT2D eigenvalue weighted by molar-refractivity contribution is 0.102. The van der Waals surface area contributed by atoms with Crippen LogP contribution in [0.3, 0.4) is 0 Å². The molecule has 1 aliphatic heterocycles. The van der Waals surface area contributed by atoms with Gasteiger partial charge in [0.1, 0.15) is 4.34 Å². The van der Waals surface area contributed by atoms with Gasteiger partial charge in [-0.3, -0.25) is 4.79 Å². The summed E-state index contributed by atoms with van der Waals surface area (Å²) in [4.78, 5) is 17.2. The zero-order valence-electron chi connectivity index (χ0n) is 13.7. The molecule has 0 radical (unpaired) electrons. The first kappa shape index (κ1) is 18.8. The van der Waals surface area contributed by atoms with Gasteiger partial charge >= 0.3 is 0 Å². The van der Waals surface area contributed by atoms with Crippen LogP contribution >= 0.6 is 46.1 Å². The van der Waals surface area contributed by atoms with Crippen molar-refractivity contribution in [3.05, 3.63) is 43.5 Å². The summed E-state index contributed by atoms with van der Waals surface area (Å²) in [7, 11) is 0. The molecule has 1 N–H and O–H groups in total. The lowest BCUT2D eigenvalue weighted by Crippen LogP contribution is -2.46. The molecule has 3 rings (SSSR count). The summed E-state index contributed by atoms with van der Waals surface area (Å²) in [6, 6.07) is 7.13. The molecule has 8 heteroatoms. The number of thiophene rings is 1. The van der Waals surface area contributed by atoms with Gasteiger partial charge in [-0.2, -0.15) is 0 Å². The number of anilines is 2. The van der Waals surface area contributed by atoms with Crippen molar-refractivity contribution >= 4 is 63.4 Å². The topological polar surface area (TPSA) is 35.6 Å². The molecule has 2 heterocycles. The molecule has 0 atom stereocenters. The first-order valence-corrected chi connectivity index (χ1v) is 9.96. The maximum atomic E-state index is 12.6. The zero-order valence-corrected chi connectivity index (χ0v) is 16.8. The first-order valence-electron chi connectivity index (χ1n) is 8.01. The van der Waals surface area contributed by atoms with Crippen LogP contribution in [0.1, 0.15) is 17.3 Å². The molecule has 0 bridgehead atoms. The predicted molar refractivity (Wildman–Crippen MR) is 108 cm³/mol. The molecular weight excluding hydrogens is 401 g/mol. The minimum atomic E-state index is -0.288. The van der Waals surface area contributed by atoms with Crippen LogP contribution in [0.5, 0.6) is 0 Å². The van der Waals surface area contributed by atoms with Gasteiger partial charge in [0.15, 0.2) is 0 Å². The number of hydrogen-bond donors (Lipinski definition) is 1. The number of amides is 1. The molecule has 1 fully saturated rings. The van der Waals surface area contributed by atoms with Crippen LogP contribution in [0.2, 0.25) is 13.7 Å². The number of rotatable bonds is 4. The highest BCUT2D eigenvalue weighted by Gasteiger charge is 2.21. The maximum absolute atomic E-state index is 12.6. The Morgan fingerprint density at radius 3 is 2.48 bits per heavy atom. The highest BCUT2D eigenvalue weighted by molar-refractivity contribution is 7.20. The Morgan fingerprint density at radius 2 is 1.88 bits per heavy atom. The number of carbonyl (C=O) groups is 1. The summed E-state index contributed by atoms with van der Waals surface area (Å²) < 4.78 is 0.861. The second kappa shape index (κ2) is 8.14. The van der Waals surface area contributed by atoms with E-state index in [-0.39, 0.29) is 5.91 Å². The largest absolute Gasteiger partial charge is 0.367 e. The fraction of sp³-hybridized carbons (Fsp3) is 0.353. The molecule has 0 spiro atoms. The molecule has 134 valence electrons. The van der Waals surface area contributed by atoms with Crippen LogP contribution in [-0.4, -0.2) is 43.5 Å². The smallest absolute Gasteiger partial charge is 0.258 e. The number of nitrogens with one attached hydrogen (secondary N) is 1. The molecule has 1 aromatic carbocycles. The molecule has 1 saturated heterocycles. The van der Waals surface area contributed by atoms with Crippen molar-refractivity contribution in [1.29, 1.82) is 0 Å². The lowest BCUT2D eigenvalue weighted by atomic mass is 10.2. The van der Waals surface area contributed by atoms with Crippen LogP contribution in [-0.2, 0) is 0 Å². The Hall–Kier alpha value is -0.980. The third kappa shape index (κ3) is 4.41. The average molecular weight is 419 g/mol. The van der Waals surface area contributed by atoms with Gasteiger partial charge in [0.25, 0.3) is 5.91 Å². The summed E-state index contributed by atoms with van der Waals surface area (Å²) in [5.41, 5.74) is 2.02. The quantitative estimate of drug-likeness (QED) is 0.750. The molecule has 4 nitrogen and oxygen atoms in total. The van der Waals surface area contributed by atoms with E-state index in [1.54, 1.807) is 12.1 Å². The minimum absolute atomic E-state index is 0.288. The Kier molecular flexibility index (Phi) is 6.12. The van der Waals surface area contributed by atoms with Gasteiger partial charge in [0, 0.05) is 31.2 Å². The van der Waals surface area contributed by atoms with E-state index >= 15 is 0 Å². The predicted octanol–water partition coefficient (Wildman–Crippen LogP) is 5.10. The summed E-state index contributed by atoms with van der Waals surface area (Å²) in [6.45, 7) is 7.03. The number of hydrogen-bond acceptors (Lipinski definition) is 4. The third-order valence-corrected chi connectivity index (χ3v) is 5.99. The standard InChI is InChI=1S/C17H18Cl3N3OS/c1-2-22-5-7-23(8-6-22)14-4-3-11(18)9-13(14)21-17(24)12-10-15(19)25-16(12)20/h3-4,9-10H,2,5-8H2,1H3,(H,21,24). The Bertz CT molecular complexity index is 772. The van der Waals surface area contributed by atoms with Crippen molar-refractivity contribution in [3.63, 3.8) is 0 Å². The molecule has 1 aromatic heterocycles. The lowest BCUT2D eigenvalue weighted by Gasteiger charge is -2.36. The van der Waals surface area contributed by atoms with Crippen molar-refractivity contribution in [1.82, 2.24) is 4.90 Å². The molecule has 0 aliphatic carbocycles. The van der Waals surface area contributed by atoms with Crippen LogP contribution in [0.25, 0.3) is 0 Å². The molecule has 1 aliphatic rings. The van der Waals surface area contributed by atoms with Gasteiger partial charge in [-0.15, -0.1) is 11.3 Å². The van der Waals surface area contributed by atoms with Crippen LogP contribution in [0.15, 0.2) is 24.3 Å². The second-order valence-corrected chi connectivity index (χ2v) is 8.50. The van der Waals surface area contributed by atoms with E-state index < -0.39 is 0 Å². The van der Waals surface area contributed by atoms with Crippen molar-refractivity contribution in [3.8, 4) is 0 Å². The molecular formula is C17H18Cl3N3OS. The Balaban J connectivity index is 1.82. The second-order valence-electron chi connectivity index (χ2n) is 5.77. The number of likely N-dealkylation sites (N-methyl/N-ethyl adjacent to an activating group) is 1. The summed E-state index contributed by atoms with van der Waals surface area (Å²) in [5.74, 6) is -0.288. The summed E-state index contributed by atoms with van der Waals surface area (Å²) >= 11 is 19.3. The van der Waals surface area contributed by atoms with Gasteiger partial charge < -0.3 is 15.1 Å². The van der Waals surface area contributed by atoms with Gasteiger partial charge in [0.2, 0.25) is 0 Å². The first-order chi connectivity index (χ1) is 12.0. The van der Waals surface area contributed by atoms with E-state index in [9.17, 15) is 4.79 Å². The van der Waals surface area contributed by atoms with E-state index in [2.05, 4.69) is 22.0 Å². The van der Waals surface area contributed by atoms with Crippen molar-refractivity contribution in [2.45, 2.75) is 6.92 Å². The normalized spacial score (nSPS) is 15.4. The molecule has 1 amide bonds. The van der Waals surface area contributed by atoms with Crippen molar-refractivity contribution in [2.24, 2.45) is 0 Å². The average Bonchev–Trinajstić information content (AvgIpc) is 2.94. The minimum Gasteiger partial charge on any atom is -0.367 e. The fourth-order valence-electron chi connectivity index (χ4n) is 2.87. The number of carbonyl (C=O) groups excluding carboxylic acids is 1. The van der Waals surface area contributed by atoms with E-state index in [0.717, 1.165) is 38.4 Å². The van der Waals surface area contributed by atoms with E-state index in [1.807, 2.05) is 12.1 Å².